The molecule has 1 atom stereocenters. The van der Waals surface area contributed by atoms with Crippen LogP contribution in [0.3, 0.4) is 0 Å². The van der Waals surface area contributed by atoms with E-state index in [-0.39, 0.29) is 24.0 Å². The van der Waals surface area contributed by atoms with Crippen LogP contribution < -0.4 is 0 Å². The van der Waals surface area contributed by atoms with Gasteiger partial charge >= 0.3 is 5.97 Å². The van der Waals surface area contributed by atoms with E-state index in [0.29, 0.717) is 24.9 Å². The summed E-state index contributed by atoms with van der Waals surface area (Å²) >= 11 is 0. The van der Waals surface area contributed by atoms with Gasteiger partial charge in [0.2, 0.25) is 10.0 Å². The molecule has 0 spiro atoms. The van der Waals surface area contributed by atoms with Crippen molar-refractivity contribution < 1.29 is 17.9 Å². The summed E-state index contributed by atoms with van der Waals surface area (Å²) in [4.78, 5) is 11.9. The van der Waals surface area contributed by atoms with Gasteiger partial charge in [0.25, 0.3) is 0 Å². The number of carbonyl (C=O) groups excluding carboxylic acids is 1. The molecule has 0 N–H and O–H groups in total. The van der Waals surface area contributed by atoms with E-state index in [4.69, 9.17) is 10.00 Å². The molecule has 0 radical (unpaired) electrons. The fraction of sp³-hybridized carbons (Fsp3) is 0.467. The van der Waals surface area contributed by atoms with Crippen molar-refractivity contribution in [2.24, 2.45) is 5.92 Å². The third-order valence-corrected chi connectivity index (χ3v) is 5.50. The van der Waals surface area contributed by atoms with Crippen molar-refractivity contribution in [2.45, 2.75) is 24.7 Å². The highest BCUT2D eigenvalue weighted by atomic mass is 32.2. The number of sulfonamides is 1. The number of benzene rings is 1. The lowest BCUT2D eigenvalue weighted by Crippen LogP contribution is -2.42. The lowest BCUT2D eigenvalue weighted by molar-refractivity contribution is -0.149. The molecule has 1 aromatic carbocycles. The van der Waals surface area contributed by atoms with Gasteiger partial charge in [-0.05, 0) is 44.0 Å². The SMILES string of the molecule is CCOC(=O)C1CCCN(S(=O)(=O)c2ccc(C#N)cc2)C1. The Morgan fingerprint density at radius 1 is 1.41 bits per heavy atom. The second-order valence-electron chi connectivity index (χ2n) is 5.09. The van der Waals surface area contributed by atoms with Crippen LogP contribution in [0, 0.1) is 17.2 Å². The van der Waals surface area contributed by atoms with Crippen LogP contribution in [0.15, 0.2) is 29.2 Å². The monoisotopic (exact) mass is 322 g/mol. The molecule has 118 valence electrons. The number of hydrogen-bond donors (Lipinski definition) is 0. The highest BCUT2D eigenvalue weighted by Gasteiger charge is 2.33. The predicted octanol–water partition coefficient (Wildman–Crippen LogP) is 1.52. The van der Waals surface area contributed by atoms with Gasteiger partial charge in [0, 0.05) is 13.1 Å². The Kier molecular flexibility index (Phi) is 5.16. The van der Waals surface area contributed by atoms with E-state index in [1.54, 1.807) is 6.92 Å². The van der Waals surface area contributed by atoms with Crippen LogP contribution in [0.25, 0.3) is 0 Å². The first-order chi connectivity index (χ1) is 10.5. The van der Waals surface area contributed by atoms with Crippen molar-refractivity contribution in [3.63, 3.8) is 0 Å². The third kappa shape index (κ3) is 3.46. The summed E-state index contributed by atoms with van der Waals surface area (Å²) in [7, 11) is -3.65. The largest absolute Gasteiger partial charge is 0.466 e. The van der Waals surface area contributed by atoms with Crippen molar-refractivity contribution in [3.8, 4) is 6.07 Å². The predicted molar refractivity (Wildman–Crippen MR) is 79.3 cm³/mol. The second kappa shape index (κ2) is 6.90. The maximum absolute atomic E-state index is 12.6. The molecule has 1 saturated heterocycles. The quantitative estimate of drug-likeness (QED) is 0.784. The van der Waals surface area contributed by atoms with Gasteiger partial charge in [0.05, 0.1) is 29.1 Å². The molecule has 22 heavy (non-hydrogen) atoms. The summed E-state index contributed by atoms with van der Waals surface area (Å²) in [5, 5.41) is 8.77. The normalized spacial score (nSPS) is 19.4. The average molecular weight is 322 g/mol. The molecule has 1 aliphatic rings. The molecule has 1 fully saturated rings. The Balaban J connectivity index is 2.18. The second-order valence-corrected chi connectivity index (χ2v) is 7.03. The van der Waals surface area contributed by atoms with Crippen LogP contribution >= 0.6 is 0 Å². The Bertz CT molecular complexity index is 676. The van der Waals surface area contributed by atoms with E-state index in [9.17, 15) is 13.2 Å². The molecule has 0 bridgehead atoms. The van der Waals surface area contributed by atoms with E-state index in [1.165, 1.54) is 28.6 Å². The minimum Gasteiger partial charge on any atom is -0.466 e. The third-order valence-electron chi connectivity index (χ3n) is 3.63. The standard InChI is InChI=1S/C15H18N2O4S/c1-2-21-15(18)13-4-3-9-17(11-13)22(19,20)14-7-5-12(10-16)6-8-14/h5-8,13H,2-4,9,11H2,1H3. The van der Waals surface area contributed by atoms with Gasteiger partial charge in [-0.1, -0.05) is 0 Å². The summed E-state index contributed by atoms with van der Waals surface area (Å²) in [6, 6.07) is 7.73. The van der Waals surface area contributed by atoms with E-state index in [0.717, 1.165) is 0 Å². The fourth-order valence-electron chi connectivity index (χ4n) is 2.46. The Hall–Kier alpha value is -1.91. The molecule has 2 rings (SSSR count). The van der Waals surface area contributed by atoms with Gasteiger partial charge < -0.3 is 4.74 Å². The molecule has 0 saturated carbocycles. The Morgan fingerprint density at radius 2 is 2.09 bits per heavy atom. The molecule has 0 aromatic heterocycles. The van der Waals surface area contributed by atoms with Crippen LogP contribution in [0.1, 0.15) is 25.3 Å². The number of piperidine rings is 1. The van der Waals surface area contributed by atoms with Crippen molar-refractivity contribution in [1.29, 1.82) is 5.26 Å². The molecule has 7 heteroatoms. The molecule has 0 amide bonds. The lowest BCUT2D eigenvalue weighted by Gasteiger charge is -2.30. The topological polar surface area (TPSA) is 87.5 Å². The minimum atomic E-state index is -3.65. The summed E-state index contributed by atoms with van der Waals surface area (Å²) in [5.74, 6) is -0.760. The first kappa shape index (κ1) is 16.5. The summed E-state index contributed by atoms with van der Waals surface area (Å²) in [5.41, 5.74) is 0.405. The van der Waals surface area contributed by atoms with Gasteiger partial charge in [0.15, 0.2) is 0 Å². The van der Waals surface area contributed by atoms with E-state index >= 15 is 0 Å². The fourth-order valence-corrected chi connectivity index (χ4v) is 3.99. The maximum atomic E-state index is 12.6. The Morgan fingerprint density at radius 3 is 2.68 bits per heavy atom. The number of hydrogen-bond acceptors (Lipinski definition) is 5. The van der Waals surface area contributed by atoms with Gasteiger partial charge in [-0.3, -0.25) is 4.79 Å². The van der Waals surface area contributed by atoms with Crippen LogP contribution in [0.2, 0.25) is 0 Å². The van der Waals surface area contributed by atoms with E-state index < -0.39 is 15.9 Å². The molecule has 1 heterocycles. The van der Waals surface area contributed by atoms with Gasteiger partial charge in [-0.15, -0.1) is 0 Å². The average Bonchev–Trinajstić information content (AvgIpc) is 2.55. The maximum Gasteiger partial charge on any atom is 0.310 e. The number of rotatable bonds is 4. The smallest absolute Gasteiger partial charge is 0.310 e. The number of carbonyl (C=O) groups is 1. The van der Waals surface area contributed by atoms with E-state index in [1.807, 2.05) is 6.07 Å². The number of ether oxygens (including phenoxy) is 1. The molecular formula is C15H18N2O4S. The van der Waals surface area contributed by atoms with Crippen LogP contribution in [-0.4, -0.2) is 38.4 Å². The van der Waals surface area contributed by atoms with Crippen LogP contribution in [-0.2, 0) is 19.6 Å². The minimum absolute atomic E-state index is 0.135. The van der Waals surface area contributed by atoms with E-state index in [2.05, 4.69) is 0 Å². The number of nitriles is 1. The number of esters is 1. The summed E-state index contributed by atoms with van der Waals surface area (Å²) in [6.07, 6.45) is 1.26. The van der Waals surface area contributed by atoms with Crippen molar-refractivity contribution >= 4 is 16.0 Å². The first-order valence-electron chi connectivity index (χ1n) is 7.16. The highest BCUT2D eigenvalue weighted by molar-refractivity contribution is 7.89. The highest BCUT2D eigenvalue weighted by Crippen LogP contribution is 2.24. The van der Waals surface area contributed by atoms with Crippen LogP contribution in [0.5, 0.6) is 0 Å². The molecule has 1 aliphatic heterocycles. The first-order valence-corrected chi connectivity index (χ1v) is 8.60. The molecular weight excluding hydrogens is 304 g/mol. The molecule has 1 unspecified atom stereocenters. The molecule has 0 aliphatic carbocycles. The zero-order valence-corrected chi connectivity index (χ0v) is 13.2. The van der Waals surface area contributed by atoms with Crippen molar-refractivity contribution in [2.75, 3.05) is 19.7 Å². The molecule has 1 aromatic rings. The Labute approximate surface area is 130 Å². The van der Waals surface area contributed by atoms with Gasteiger partial charge in [-0.25, -0.2) is 8.42 Å². The van der Waals surface area contributed by atoms with Crippen molar-refractivity contribution in [3.05, 3.63) is 29.8 Å². The molecule has 6 nitrogen and oxygen atoms in total. The zero-order valence-electron chi connectivity index (χ0n) is 12.4. The summed E-state index contributed by atoms with van der Waals surface area (Å²) < 4.78 is 31.5. The lowest BCUT2D eigenvalue weighted by atomic mass is 10.0. The van der Waals surface area contributed by atoms with Crippen molar-refractivity contribution in [1.82, 2.24) is 4.31 Å². The number of nitrogens with zero attached hydrogens (tertiary/aromatic N) is 2. The van der Waals surface area contributed by atoms with Gasteiger partial charge in [0.1, 0.15) is 0 Å². The van der Waals surface area contributed by atoms with Crippen LogP contribution in [0.4, 0.5) is 0 Å². The zero-order chi connectivity index (χ0) is 16.2. The van der Waals surface area contributed by atoms with Gasteiger partial charge in [-0.2, -0.15) is 9.57 Å². The summed E-state index contributed by atoms with van der Waals surface area (Å²) in [6.45, 7) is 2.54.